The lowest BCUT2D eigenvalue weighted by Crippen LogP contribution is -2.56. The van der Waals surface area contributed by atoms with Gasteiger partial charge in [-0.15, -0.1) is 0 Å². The fourth-order valence-corrected chi connectivity index (χ4v) is 2.72. The van der Waals surface area contributed by atoms with Crippen LogP contribution >= 0.6 is 0 Å². The molecule has 0 aliphatic carbocycles. The van der Waals surface area contributed by atoms with Gasteiger partial charge in [0.2, 0.25) is 5.91 Å². The molecule has 2 saturated heterocycles. The van der Waals surface area contributed by atoms with E-state index in [0.29, 0.717) is 6.54 Å². The molecule has 22 heavy (non-hydrogen) atoms. The third-order valence-electron chi connectivity index (χ3n) is 4.03. The van der Waals surface area contributed by atoms with Crippen LogP contribution in [0.1, 0.15) is 32.6 Å². The van der Waals surface area contributed by atoms with E-state index in [1.54, 1.807) is 0 Å². The van der Waals surface area contributed by atoms with E-state index in [-0.39, 0.29) is 18.9 Å². The van der Waals surface area contributed by atoms with Gasteiger partial charge in [-0.1, -0.05) is 19.8 Å². The normalized spacial score (nSPS) is 32.4. The number of rotatable bonds is 7. The van der Waals surface area contributed by atoms with Crippen molar-refractivity contribution in [3.8, 4) is 0 Å². The first-order valence-corrected chi connectivity index (χ1v) is 7.87. The molecule has 0 unspecified atom stereocenters. The van der Waals surface area contributed by atoms with Crippen LogP contribution in [-0.2, 0) is 9.53 Å². The Morgan fingerprint density at radius 1 is 1.32 bits per heavy atom. The second-order valence-corrected chi connectivity index (χ2v) is 5.75. The minimum absolute atomic E-state index is 0.161. The molecule has 4 N–H and O–H groups in total. The topological polar surface area (TPSA) is 111 Å². The first-order chi connectivity index (χ1) is 10.5. The van der Waals surface area contributed by atoms with E-state index < -0.39 is 30.6 Å². The summed E-state index contributed by atoms with van der Waals surface area (Å²) in [5.74, 6) is -0.344. The van der Waals surface area contributed by atoms with Gasteiger partial charge in [0.15, 0.2) is 6.23 Å². The summed E-state index contributed by atoms with van der Waals surface area (Å²) < 4.78 is 5.63. The summed E-state index contributed by atoms with van der Waals surface area (Å²) in [6.07, 6.45) is -0.272. The van der Waals surface area contributed by atoms with Gasteiger partial charge in [-0.05, 0) is 13.0 Å². The first-order valence-electron chi connectivity index (χ1n) is 7.87. The summed E-state index contributed by atoms with van der Waals surface area (Å²) >= 11 is 0. The number of amides is 3. The number of aliphatic hydroxyl groups is 2. The van der Waals surface area contributed by atoms with E-state index in [4.69, 9.17) is 4.74 Å². The molecule has 0 spiro atoms. The minimum Gasteiger partial charge on any atom is -0.387 e. The van der Waals surface area contributed by atoms with Gasteiger partial charge in [0, 0.05) is 19.5 Å². The zero-order chi connectivity index (χ0) is 16.1. The summed E-state index contributed by atoms with van der Waals surface area (Å²) in [6.45, 7) is 3.53. The van der Waals surface area contributed by atoms with Crippen LogP contribution in [0, 0.1) is 0 Å². The minimum atomic E-state index is -1.18. The van der Waals surface area contributed by atoms with Crippen molar-refractivity contribution in [2.45, 2.75) is 57.1 Å². The van der Waals surface area contributed by atoms with Crippen LogP contribution in [0.5, 0.6) is 0 Å². The van der Waals surface area contributed by atoms with Crippen LogP contribution in [0.3, 0.4) is 0 Å². The Morgan fingerprint density at radius 3 is 2.77 bits per heavy atom. The van der Waals surface area contributed by atoms with Crippen LogP contribution in [0.25, 0.3) is 0 Å². The standard InChI is InChI=1S/C14H25N3O5/c1-2-3-4-6-15-8-9-11(19)12(20)13(22-9)17-7-5-10(18)16-14(17)21/h9,11-13,15,19-20H,2-8H2,1H3,(H,16,18,21)/t9-,11-,12-,13-/m1/s1. The number of unbranched alkanes of at least 4 members (excludes halogenated alkanes) is 2. The van der Waals surface area contributed by atoms with E-state index in [1.807, 2.05) is 0 Å². The summed E-state index contributed by atoms with van der Waals surface area (Å²) in [5.41, 5.74) is 0. The number of urea groups is 1. The second-order valence-electron chi connectivity index (χ2n) is 5.75. The second kappa shape index (κ2) is 7.87. The highest BCUT2D eigenvalue weighted by molar-refractivity contribution is 5.96. The number of carbonyl (C=O) groups is 2. The largest absolute Gasteiger partial charge is 0.387 e. The van der Waals surface area contributed by atoms with Crippen LogP contribution < -0.4 is 10.6 Å². The van der Waals surface area contributed by atoms with Crippen LogP contribution in [0.4, 0.5) is 4.79 Å². The van der Waals surface area contributed by atoms with Crippen molar-refractivity contribution in [2.75, 3.05) is 19.6 Å². The molecule has 2 rings (SSSR count). The molecule has 2 fully saturated rings. The van der Waals surface area contributed by atoms with Crippen LogP contribution in [0.2, 0.25) is 0 Å². The van der Waals surface area contributed by atoms with Crippen molar-refractivity contribution in [3.05, 3.63) is 0 Å². The van der Waals surface area contributed by atoms with E-state index in [1.165, 1.54) is 4.90 Å². The Hall–Kier alpha value is -1.22. The molecule has 0 aromatic carbocycles. The van der Waals surface area contributed by atoms with Crippen LogP contribution in [0.15, 0.2) is 0 Å². The summed E-state index contributed by atoms with van der Waals surface area (Å²) in [7, 11) is 0. The molecule has 8 heteroatoms. The van der Waals surface area contributed by atoms with Crippen molar-refractivity contribution in [1.82, 2.24) is 15.5 Å². The average Bonchev–Trinajstić information content (AvgIpc) is 2.75. The van der Waals surface area contributed by atoms with Crippen molar-refractivity contribution in [3.63, 3.8) is 0 Å². The maximum atomic E-state index is 11.8. The quantitative estimate of drug-likeness (QED) is 0.456. The molecule has 0 aromatic heterocycles. The molecule has 0 aromatic rings. The fourth-order valence-electron chi connectivity index (χ4n) is 2.72. The molecule has 0 saturated carbocycles. The van der Waals surface area contributed by atoms with E-state index >= 15 is 0 Å². The maximum absolute atomic E-state index is 11.8. The van der Waals surface area contributed by atoms with Crippen molar-refractivity contribution in [2.24, 2.45) is 0 Å². The molecule has 2 heterocycles. The molecule has 2 aliphatic heterocycles. The predicted octanol–water partition coefficient (Wildman–Crippen LogP) is -0.845. The Kier molecular flexibility index (Phi) is 6.13. The van der Waals surface area contributed by atoms with E-state index in [9.17, 15) is 19.8 Å². The van der Waals surface area contributed by atoms with Crippen molar-refractivity contribution < 1.29 is 24.5 Å². The van der Waals surface area contributed by atoms with Crippen LogP contribution in [-0.4, -0.2) is 71.2 Å². The lowest BCUT2D eigenvalue weighted by molar-refractivity contribution is -0.125. The van der Waals surface area contributed by atoms with Crippen molar-refractivity contribution in [1.29, 1.82) is 0 Å². The molecule has 126 valence electrons. The van der Waals surface area contributed by atoms with E-state index in [2.05, 4.69) is 17.6 Å². The predicted molar refractivity (Wildman–Crippen MR) is 77.9 cm³/mol. The van der Waals surface area contributed by atoms with Gasteiger partial charge in [0.05, 0.1) is 0 Å². The third kappa shape index (κ3) is 3.95. The Labute approximate surface area is 129 Å². The number of hydrogen-bond donors (Lipinski definition) is 4. The summed E-state index contributed by atoms with van der Waals surface area (Å²) in [6, 6.07) is -0.593. The number of nitrogens with zero attached hydrogens (tertiary/aromatic N) is 1. The molecular weight excluding hydrogens is 290 g/mol. The highest BCUT2D eigenvalue weighted by atomic mass is 16.6. The Balaban J connectivity index is 1.84. The number of imide groups is 1. The van der Waals surface area contributed by atoms with Gasteiger partial charge >= 0.3 is 6.03 Å². The van der Waals surface area contributed by atoms with Gasteiger partial charge in [-0.25, -0.2) is 4.79 Å². The number of ether oxygens (including phenoxy) is 1. The molecule has 0 radical (unpaired) electrons. The van der Waals surface area contributed by atoms with Gasteiger partial charge in [0.1, 0.15) is 18.3 Å². The maximum Gasteiger partial charge on any atom is 0.326 e. The monoisotopic (exact) mass is 315 g/mol. The summed E-state index contributed by atoms with van der Waals surface area (Å²) in [4.78, 5) is 24.2. The van der Waals surface area contributed by atoms with Gasteiger partial charge < -0.3 is 20.3 Å². The first kappa shape index (κ1) is 17.1. The average molecular weight is 315 g/mol. The Morgan fingerprint density at radius 2 is 2.09 bits per heavy atom. The zero-order valence-corrected chi connectivity index (χ0v) is 12.8. The number of hydrogen-bond acceptors (Lipinski definition) is 6. The smallest absolute Gasteiger partial charge is 0.326 e. The van der Waals surface area contributed by atoms with Crippen molar-refractivity contribution >= 4 is 11.9 Å². The number of aliphatic hydroxyl groups excluding tert-OH is 2. The van der Waals surface area contributed by atoms with Gasteiger partial charge in [-0.2, -0.15) is 0 Å². The third-order valence-corrected chi connectivity index (χ3v) is 4.03. The molecular formula is C14H25N3O5. The lowest BCUT2D eigenvalue weighted by atomic mass is 10.1. The highest BCUT2D eigenvalue weighted by Gasteiger charge is 2.47. The molecule has 3 amide bonds. The van der Waals surface area contributed by atoms with Gasteiger partial charge in [-0.3, -0.25) is 15.0 Å². The lowest BCUT2D eigenvalue weighted by Gasteiger charge is -2.32. The highest BCUT2D eigenvalue weighted by Crippen LogP contribution is 2.25. The zero-order valence-electron chi connectivity index (χ0n) is 12.8. The van der Waals surface area contributed by atoms with Gasteiger partial charge in [0.25, 0.3) is 0 Å². The number of carbonyl (C=O) groups excluding carboxylic acids is 2. The van der Waals surface area contributed by atoms with E-state index in [0.717, 1.165) is 25.8 Å². The Bertz CT molecular complexity index is 406. The summed E-state index contributed by atoms with van der Waals surface area (Å²) in [5, 5.41) is 25.5. The number of nitrogens with one attached hydrogen (secondary N) is 2. The molecule has 2 aliphatic rings. The molecule has 0 bridgehead atoms. The SMILES string of the molecule is CCCCCNC[C@H]1O[C@@H](N2CCC(=O)NC2=O)[C@H](O)[C@@H]1O. The molecule has 4 atom stereocenters. The fraction of sp³-hybridized carbons (Fsp3) is 0.857. The molecule has 8 nitrogen and oxygen atoms in total.